The van der Waals surface area contributed by atoms with Crippen LogP contribution < -0.4 is 16.2 Å². The van der Waals surface area contributed by atoms with Crippen molar-refractivity contribution in [3.05, 3.63) is 17.7 Å². The summed E-state index contributed by atoms with van der Waals surface area (Å²) < 4.78 is 47.1. The Kier molecular flexibility index (Phi) is 4.18. The average Bonchev–Trinajstić information content (AvgIpc) is 2.18. The Morgan fingerprint density at radius 2 is 2.00 bits per heavy atom. The number of aromatic nitrogens is 1. The molecule has 0 amide bonds. The zero-order valence-electron chi connectivity index (χ0n) is 8.78. The number of sulfonamides is 1. The summed E-state index contributed by atoms with van der Waals surface area (Å²) in [5.74, 6) is -2.73. The Hall–Kier alpha value is -1.48. The predicted molar refractivity (Wildman–Crippen MR) is 59.6 cm³/mol. The highest BCUT2D eigenvalue weighted by Crippen LogP contribution is 2.16. The highest BCUT2D eigenvalue weighted by atomic mass is 32.2. The quantitative estimate of drug-likeness (QED) is 0.651. The van der Waals surface area contributed by atoms with Crippen LogP contribution in [0.1, 0.15) is 6.42 Å². The highest BCUT2D eigenvalue weighted by Gasteiger charge is 2.09. The number of anilines is 2. The molecule has 0 aliphatic carbocycles. The molecule has 0 aliphatic heterocycles. The molecule has 0 saturated heterocycles. The molecule has 5 N–H and O–H groups in total. The van der Waals surface area contributed by atoms with Crippen molar-refractivity contribution in [3.63, 3.8) is 0 Å². The molecule has 0 saturated carbocycles. The summed E-state index contributed by atoms with van der Waals surface area (Å²) in [6.45, 7) is 0.130. The Bertz CT molecular complexity index is 506. The van der Waals surface area contributed by atoms with Crippen LogP contribution in [-0.2, 0) is 10.0 Å². The van der Waals surface area contributed by atoms with E-state index >= 15 is 0 Å². The first-order chi connectivity index (χ1) is 7.79. The second-order valence-electron chi connectivity index (χ2n) is 3.33. The molecule has 96 valence electrons. The number of nitrogens with two attached hydrogens (primary N) is 2. The van der Waals surface area contributed by atoms with Crippen molar-refractivity contribution in [1.82, 2.24) is 4.98 Å². The van der Waals surface area contributed by atoms with Gasteiger partial charge in [0, 0.05) is 12.6 Å². The van der Waals surface area contributed by atoms with Gasteiger partial charge in [-0.1, -0.05) is 0 Å². The lowest BCUT2D eigenvalue weighted by atomic mass is 10.4. The summed E-state index contributed by atoms with van der Waals surface area (Å²) in [7, 11) is -3.54. The summed E-state index contributed by atoms with van der Waals surface area (Å²) >= 11 is 0. The van der Waals surface area contributed by atoms with E-state index in [2.05, 4.69) is 10.3 Å². The number of rotatable bonds is 5. The molecule has 1 rings (SSSR count). The Morgan fingerprint density at radius 3 is 2.59 bits per heavy atom. The van der Waals surface area contributed by atoms with Crippen LogP contribution in [0.3, 0.4) is 0 Å². The Labute approximate surface area is 97.1 Å². The number of pyridine rings is 1. The van der Waals surface area contributed by atoms with Crippen molar-refractivity contribution in [2.75, 3.05) is 23.3 Å². The van der Waals surface area contributed by atoms with Crippen molar-refractivity contribution < 1.29 is 17.2 Å². The largest absolute Gasteiger partial charge is 0.381 e. The lowest BCUT2D eigenvalue weighted by Crippen LogP contribution is -2.19. The molecule has 0 spiro atoms. The number of primary sulfonamides is 1. The summed E-state index contributed by atoms with van der Waals surface area (Å²) in [6, 6.07) is 0.602. The minimum absolute atomic E-state index is 0.130. The molecular weight excluding hydrogens is 254 g/mol. The van der Waals surface area contributed by atoms with Crippen LogP contribution >= 0.6 is 0 Å². The molecule has 1 heterocycles. The molecule has 0 fully saturated rings. The standard InChI is InChI=1S/C8H12F2N4O2S/c9-5-4-6(10)8(14-7(5)11)13-2-1-3-17(12,15)16/h4H,1-3H2,(H3,11,13,14)(H2,12,15,16). The smallest absolute Gasteiger partial charge is 0.209 e. The monoisotopic (exact) mass is 266 g/mol. The molecule has 6 nitrogen and oxygen atoms in total. The van der Waals surface area contributed by atoms with Crippen LogP contribution in [-0.4, -0.2) is 25.7 Å². The van der Waals surface area contributed by atoms with E-state index in [4.69, 9.17) is 10.9 Å². The van der Waals surface area contributed by atoms with Crippen molar-refractivity contribution in [1.29, 1.82) is 0 Å². The fourth-order valence-corrected chi connectivity index (χ4v) is 1.63. The third kappa shape index (κ3) is 4.49. The van der Waals surface area contributed by atoms with E-state index in [-0.39, 0.29) is 24.5 Å². The molecule has 0 radical (unpaired) electrons. The first kappa shape index (κ1) is 13.6. The Balaban J connectivity index is 2.55. The topological polar surface area (TPSA) is 111 Å². The van der Waals surface area contributed by atoms with E-state index in [9.17, 15) is 17.2 Å². The van der Waals surface area contributed by atoms with E-state index in [0.717, 1.165) is 0 Å². The van der Waals surface area contributed by atoms with Crippen molar-refractivity contribution >= 4 is 21.7 Å². The van der Waals surface area contributed by atoms with Crippen LogP contribution in [0.15, 0.2) is 6.07 Å². The summed E-state index contributed by atoms with van der Waals surface area (Å²) in [5, 5.41) is 7.27. The van der Waals surface area contributed by atoms with Gasteiger partial charge in [-0.15, -0.1) is 0 Å². The molecule has 0 atom stereocenters. The normalized spacial score (nSPS) is 11.5. The number of hydrogen-bond donors (Lipinski definition) is 3. The van der Waals surface area contributed by atoms with Gasteiger partial charge in [0.05, 0.1) is 5.75 Å². The van der Waals surface area contributed by atoms with Gasteiger partial charge < -0.3 is 11.1 Å². The highest BCUT2D eigenvalue weighted by molar-refractivity contribution is 7.89. The molecule has 0 bridgehead atoms. The molecular formula is C8H12F2N4O2S. The maximum atomic E-state index is 13.1. The first-order valence-corrected chi connectivity index (χ1v) is 6.37. The summed E-state index contributed by atoms with van der Waals surface area (Å²) in [5.41, 5.74) is 5.15. The second-order valence-corrected chi connectivity index (χ2v) is 5.07. The fraction of sp³-hybridized carbons (Fsp3) is 0.375. The number of halogens is 2. The third-order valence-electron chi connectivity index (χ3n) is 1.85. The molecule has 1 aromatic rings. The second kappa shape index (κ2) is 5.23. The van der Waals surface area contributed by atoms with E-state index in [0.29, 0.717) is 6.07 Å². The van der Waals surface area contributed by atoms with Crippen LogP contribution in [0.4, 0.5) is 20.4 Å². The average molecular weight is 266 g/mol. The first-order valence-electron chi connectivity index (χ1n) is 4.65. The van der Waals surface area contributed by atoms with Crippen LogP contribution in [0.2, 0.25) is 0 Å². The van der Waals surface area contributed by atoms with Crippen LogP contribution in [0.25, 0.3) is 0 Å². The zero-order chi connectivity index (χ0) is 13.1. The SMILES string of the molecule is Nc1nc(NCCCS(N)(=O)=O)c(F)cc1F. The summed E-state index contributed by atoms with van der Waals surface area (Å²) in [4.78, 5) is 3.44. The number of nitrogens with zero attached hydrogens (tertiary/aromatic N) is 1. The van der Waals surface area contributed by atoms with Crippen molar-refractivity contribution in [3.8, 4) is 0 Å². The van der Waals surface area contributed by atoms with Gasteiger partial charge in [-0.2, -0.15) is 0 Å². The third-order valence-corrected chi connectivity index (χ3v) is 2.71. The van der Waals surface area contributed by atoms with Gasteiger partial charge in [0.15, 0.2) is 23.3 Å². The van der Waals surface area contributed by atoms with Gasteiger partial charge in [-0.05, 0) is 6.42 Å². The Morgan fingerprint density at radius 1 is 1.35 bits per heavy atom. The minimum Gasteiger partial charge on any atom is -0.381 e. The molecule has 0 aliphatic rings. The maximum Gasteiger partial charge on any atom is 0.209 e. The van der Waals surface area contributed by atoms with Gasteiger partial charge in [0.2, 0.25) is 10.0 Å². The van der Waals surface area contributed by atoms with Gasteiger partial charge in [-0.3, -0.25) is 0 Å². The number of nitrogen functional groups attached to an aromatic ring is 1. The van der Waals surface area contributed by atoms with Crippen LogP contribution in [0, 0.1) is 11.6 Å². The predicted octanol–water partition coefficient (Wildman–Crippen LogP) is 0.0325. The lowest BCUT2D eigenvalue weighted by molar-refractivity contribution is 0.579. The van der Waals surface area contributed by atoms with E-state index in [1.54, 1.807) is 0 Å². The molecule has 1 aromatic heterocycles. The van der Waals surface area contributed by atoms with Gasteiger partial charge in [-0.25, -0.2) is 27.3 Å². The fourth-order valence-electron chi connectivity index (χ4n) is 1.08. The maximum absolute atomic E-state index is 13.1. The van der Waals surface area contributed by atoms with Crippen LogP contribution in [0.5, 0.6) is 0 Å². The number of hydrogen-bond acceptors (Lipinski definition) is 5. The minimum atomic E-state index is -3.54. The molecule has 0 aromatic carbocycles. The summed E-state index contributed by atoms with van der Waals surface area (Å²) in [6.07, 6.45) is 0.178. The van der Waals surface area contributed by atoms with Crippen molar-refractivity contribution in [2.24, 2.45) is 5.14 Å². The molecule has 0 unspecified atom stereocenters. The zero-order valence-corrected chi connectivity index (χ0v) is 9.60. The molecule has 9 heteroatoms. The van der Waals surface area contributed by atoms with Crippen molar-refractivity contribution in [2.45, 2.75) is 6.42 Å². The van der Waals surface area contributed by atoms with Gasteiger partial charge >= 0.3 is 0 Å². The van der Waals surface area contributed by atoms with Gasteiger partial charge in [0.25, 0.3) is 0 Å². The lowest BCUT2D eigenvalue weighted by Gasteiger charge is -2.07. The van der Waals surface area contributed by atoms with E-state index in [1.807, 2.05) is 0 Å². The molecule has 17 heavy (non-hydrogen) atoms. The van der Waals surface area contributed by atoms with E-state index in [1.165, 1.54) is 0 Å². The number of nitrogens with one attached hydrogen (secondary N) is 1. The van der Waals surface area contributed by atoms with Gasteiger partial charge in [0.1, 0.15) is 0 Å². The van der Waals surface area contributed by atoms with E-state index < -0.39 is 27.5 Å².